The molecule has 1 heterocycles. The average molecular weight is 128 g/mol. The number of hydrogen-bond acceptors (Lipinski definition) is 2. The zero-order valence-electron chi connectivity index (χ0n) is 5.62. The Balaban J connectivity index is 2.96. The van der Waals surface area contributed by atoms with Crippen LogP contribution in [-0.4, -0.2) is 25.7 Å². The van der Waals surface area contributed by atoms with E-state index in [9.17, 15) is 0 Å². The summed E-state index contributed by atoms with van der Waals surface area (Å²) >= 11 is 0. The molecule has 4 radical (unpaired) electrons. The van der Waals surface area contributed by atoms with E-state index in [1.165, 1.54) is 0 Å². The Labute approximate surface area is 62.9 Å². The maximum absolute atomic E-state index is 5.37. The van der Waals surface area contributed by atoms with E-state index in [1.807, 2.05) is 0 Å². The van der Waals surface area contributed by atoms with E-state index < -0.39 is 0 Å². The largest absolute Gasteiger partial charge is 0.259 e. The van der Waals surface area contributed by atoms with Crippen LogP contribution >= 0.6 is 0 Å². The highest BCUT2D eigenvalue weighted by molar-refractivity contribution is 6.09. The lowest BCUT2D eigenvalue weighted by molar-refractivity contribution is 1.01. The molecule has 1 aromatic heterocycles. The van der Waals surface area contributed by atoms with Crippen LogP contribution in [0.2, 0.25) is 0 Å². The SMILES string of the molecule is [B]Cc1nccnc1C[B]. The first-order valence-corrected chi connectivity index (χ1v) is 3.07. The number of aromatic nitrogens is 2. The van der Waals surface area contributed by atoms with Crippen LogP contribution in [-0.2, 0) is 12.6 Å². The molecule has 1 aromatic rings. The van der Waals surface area contributed by atoms with E-state index in [4.69, 9.17) is 15.7 Å². The third-order valence-electron chi connectivity index (χ3n) is 1.25. The van der Waals surface area contributed by atoms with Gasteiger partial charge in [0.05, 0.1) is 27.1 Å². The molecule has 1 rings (SSSR count). The fourth-order valence-electron chi connectivity index (χ4n) is 0.737. The normalized spacial score (nSPS) is 9.60. The molecule has 0 unspecified atom stereocenters. The molecular weight excluding hydrogens is 122 g/mol. The van der Waals surface area contributed by atoms with Crippen molar-refractivity contribution in [2.24, 2.45) is 0 Å². The van der Waals surface area contributed by atoms with Crippen molar-refractivity contribution in [3.8, 4) is 0 Å². The Morgan fingerprint density at radius 1 is 1.00 bits per heavy atom. The highest BCUT2D eigenvalue weighted by Crippen LogP contribution is 1.99. The first-order valence-electron chi connectivity index (χ1n) is 3.07. The second-order valence-corrected chi connectivity index (χ2v) is 1.86. The quantitative estimate of drug-likeness (QED) is 0.515. The fraction of sp³-hybridized carbons (Fsp3) is 0.333. The fourth-order valence-corrected chi connectivity index (χ4v) is 0.737. The Bertz CT molecular complexity index is 192. The van der Waals surface area contributed by atoms with Crippen molar-refractivity contribution in [2.45, 2.75) is 12.6 Å². The first kappa shape index (κ1) is 7.32. The van der Waals surface area contributed by atoms with Gasteiger partial charge in [-0.15, -0.1) is 0 Å². The molecule has 0 aromatic carbocycles. The van der Waals surface area contributed by atoms with Gasteiger partial charge in [-0.2, -0.15) is 0 Å². The number of nitrogens with zero attached hydrogens (tertiary/aromatic N) is 2. The molecule has 4 heteroatoms. The summed E-state index contributed by atoms with van der Waals surface area (Å²) in [5.74, 6) is 0. The molecule has 0 saturated carbocycles. The van der Waals surface area contributed by atoms with Crippen LogP contribution < -0.4 is 0 Å². The molecule has 0 fully saturated rings. The highest BCUT2D eigenvalue weighted by Gasteiger charge is 1.97. The molecule has 0 aliphatic heterocycles. The highest BCUT2D eigenvalue weighted by atomic mass is 14.8. The van der Waals surface area contributed by atoms with Crippen molar-refractivity contribution in [1.29, 1.82) is 0 Å². The van der Waals surface area contributed by atoms with E-state index in [1.54, 1.807) is 12.4 Å². The lowest BCUT2D eigenvalue weighted by Crippen LogP contribution is -2.00. The van der Waals surface area contributed by atoms with E-state index >= 15 is 0 Å². The molecule has 0 N–H and O–H groups in total. The molecule has 46 valence electrons. The lowest BCUT2D eigenvalue weighted by atomic mass is 9.94. The lowest BCUT2D eigenvalue weighted by Gasteiger charge is -2.00. The van der Waals surface area contributed by atoms with Crippen LogP contribution in [0.5, 0.6) is 0 Å². The van der Waals surface area contributed by atoms with Crippen LogP contribution in [0.3, 0.4) is 0 Å². The van der Waals surface area contributed by atoms with E-state index in [-0.39, 0.29) is 0 Å². The molecule has 0 aliphatic rings. The predicted molar refractivity (Wildman–Crippen MR) is 40.9 cm³/mol. The van der Waals surface area contributed by atoms with Crippen LogP contribution in [0.4, 0.5) is 0 Å². The van der Waals surface area contributed by atoms with Gasteiger partial charge in [-0.25, -0.2) is 0 Å². The van der Waals surface area contributed by atoms with Crippen molar-refractivity contribution < 1.29 is 0 Å². The van der Waals surface area contributed by atoms with Crippen LogP contribution in [0.1, 0.15) is 11.4 Å². The minimum absolute atomic E-state index is 0.403. The molecule has 2 nitrogen and oxygen atoms in total. The molecule has 0 atom stereocenters. The molecule has 0 bridgehead atoms. The van der Waals surface area contributed by atoms with Gasteiger partial charge >= 0.3 is 0 Å². The maximum Gasteiger partial charge on any atom is 0.0738 e. The van der Waals surface area contributed by atoms with Gasteiger partial charge in [-0.05, 0) is 12.6 Å². The minimum Gasteiger partial charge on any atom is -0.259 e. The summed E-state index contributed by atoms with van der Waals surface area (Å²) in [4.78, 5) is 8.00. The van der Waals surface area contributed by atoms with E-state index in [2.05, 4.69) is 9.97 Å². The van der Waals surface area contributed by atoms with Crippen molar-refractivity contribution in [1.82, 2.24) is 9.97 Å². The summed E-state index contributed by atoms with van der Waals surface area (Å²) in [7, 11) is 10.7. The van der Waals surface area contributed by atoms with Gasteiger partial charge in [0.1, 0.15) is 0 Å². The number of rotatable bonds is 2. The maximum atomic E-state index is 5.37. The Kier molecular flexibility index (Phi) is 2.49. The molecule has 0 aliphatic carbocycles. The molecule has 10 heavy (non-hydrogen) atoms. The minimum atomic E-state index is 0.403. The monoisotopic (exact) mass is 128 g/mol. The van der Waals surface area contributed by atoms with Gasteiger partial charge in [-0.3, -0.25) is 9.97 Å². The third kappa shape index (κ3) is 1.38. The smallest absolute Gasteiger partial charge is 0.0738 e. The molecule has 0 amide bonds. The van der Waals surface area contributed by atoms with Gasteiger partial charge in [-0.1, -0.05) is 0 Å². The van der Waals surface area contributed by atoms with Crippen molar-refractivity contribution >= 4 is 15.7 Å². The van der Waals surface area contributed by atoms with Crippen molar-refractivity contribution in [3.63, 3.8) is 0 Å². The standard InChI is InChI=1S/C6H6B2N2/c7-3-5-6(4-8)10-2-1-9-5/h1-2H,3-4H2. The van der Waals surface area contributed by atoms with Gasteiger partial charge < -0.3 is 0 Å². The first-order chi connectivity index (χ1) is 4.88. The zero-order valence-corrected chi connectivity index (χ0v) is 5.62. The predicted octanol–water partition coefficient (Wildman–Crippen LogP) is -0.186. The summed E-state index contributed by atoms with van der Waals surface area (Å²) in [5, 5.41) is 0. The number of hydrogen-bond donors (Lipinski definition) is 0. The summed E-state index contributed by atoms with van der Waals surface area (Å²) in [6.07, 6.45) is 4.03. The van der Waals surface area contributed by atoms with Crippen molar-refractivity contribution in [2.75, 3.05) is 0 Å². The van der Waals surface area contributed by atoms with Crippen LogP contribution in [0.15, 0.2) is 12.4 Å². The third-order valence-corrected chi connectivity index (χ3v) is 1.25. The summed E-state index contributed by atoms with van der Waals surface area (Å²) < 4.78 is 0. The van der Waals surface area contributed by atoms with Gasteiger partial charge in [0.2, 0.25) is 0 Å². The molecule has 0 saturated heterocycles. The van der Waals surface area contributed by atoms with Gasteiger partial charge in [0.15, 0.2) is 0 Å². The van der Waals surface area contributed by atoms with E-state index in [0.717, 1.165) is 11.4 Å². The second-order valence-electron chi connectivity index (χ2n) is 1.86. The van der Waals surface area contributed by atoms with Crippen LogP contribution in [0.25, 0.3) is 0 Å². The Morgan fingerprint density at radius 3 is 1.70 bits per heavy atom. The summed E-state index contributed by atoms with van der Waals surface area (Å²) in [6.45, 7) is 0. The van der Waals surface area contributed by atoms with E-state index in [0.29, 0.717) is 12.6 Å². The van der Waals surface area contributed by atoms with Crippen LogP contribution in [0, 0.1) is 0 Å². The van der Waals surface area contributed by atoms with Gasteiger partial charge in [0.25, 0.3) is 0 Å². The Morgan fingerprint density at radius 2 is 1.40 bits per heavy atom. The summed E-state index contributed by atoms with van der Waals surface area (Å²) in [5.41, 5.74) is 1.56. The Hall–Kier alpha value is -0.790. The summed E-state index contributed by atoms with van der Waals surface area (Å²) in [6, 6.07) is 0. The molecule has 0 spiro atoms. The van der Waals surface area contributed by atoms with Gasteiger partial charge in [0, 0.05) is 12.4 Å². The van der Waals surface area contributed by atoms with Crippen molar-refractivity contribution in [3.05, 3.63) is 23.8 Å². The zero-order chi connectivity index (χ0) is 7.40. The average Bonchev–Trinajstić information content (AvgIpc) is 2.04. The second kappa shape index (κ2) is 3.40. The molecular formula is C6H6B2N2. The topological polar surface area (TPSA) is 25.8 Å².